The van der Waals surface area contributed by atoms with Gasteiger partial charge in [0.2, 0.25) is 0 Å². The maximum Gasteiger partial charge on any atom is 0.312 e. The maximum atomic E-state index is 12.6. The van der Waals surface area contributed by atoms with Crippen LogP contribution >= 0.6 is 0 Å². The Morgan fingerprint density at radius 2 is 2.16 bits per heavy atom. The van der Waals surface area contributed by atoms with E-state index in [0.717, 1.165) is 19.3 Å². The second-order valence-electron chi connectivity index (χ2n) is 7.08. The first-order chi connectivity index (χ1) is 8.83. The second kappa shape index (κ2) is 4.92. The summed E-state index contributed by atoms with van der Waals surface area (Å²) in [6, 6.07) is 0. The summed E-state index contributed by atoms with van der Waals surface area (Å²) in [6.45, 7) is 8.65. The van der Waals surface area contributed by atoms with E-state index in [-0.39, 0.29) is 28.7 Å². The van der Waals surface area contributed by atoms with Gasteiger partial charge in [-0.1, -0.05) is 27.7 Å². The lowest BCUT2D eigenvalue weighted by Gasteiger charge is -2.24. The number of ketones is 1. The molecule has 0 spiro atoms. The van der Waals surface area contributed by atoms with Crippen LogP contribution in [-0.4, -0.2) is 17.9 Å². The van der Waals surface area contributed by atoms with E-state index < -0.39 is 0 Å². The van der Waals surface area contributed by atoms with E-state index in [0.29, 0.717) is 25.2 Å². The van der Waals surface area contributed by atoms with Crippen molar-refractivity contribution in [1.82, 2.24) is 0 Å². The topological polar surface area (TPSA) is 43.4 Å². The number of Topliss-reactive ketones (excluding diaryl/α,β-unsaturated/α-hetero) is 1. The van der Waals surface area contributed by atoms with Crippen LogP contribution < -0.4 is 0 Å². The molecule has 2 aliphatic rings. The number of carbonyl (C=O) groups excluding carboxylic acids is 2. The quantitative estimate of drug-likeness (QED) is 0.715. The van der Waals surface area contributed by atoms with Gasteiger partial charge >= 0.3 is 5.97 Å². The zero-order valence-corrected chi connectivity index (χ0v) is 12.6. The molecule has 3 nitrogen and oxygen atoms in total. The van der Waals surface area contributed by atoms with Crippen LogP contribution in [0.3, 0.4) is 0 Å². The highest BCUT2D eigenvalue weighted by Crippen LogP contribution is 2.69. The standard InChI is InChI=1S/C16H26O3/c1-5-15(4)10-16(15,9-11(2)3)14(18)19-13-7-6-12(17)8-13/h11,13H,5-10H2,1-4H3. The van der Waals surface area contributed by atoms with Gasteiger partial charge in [0.05, 0.1) is 5.41 Å². The lowest BCUT2D eigenvalue weighted by atomic mass is 9.85. The minimum Gasteiger partial charge on any atom is -0.461 e. The van der Waals surface area contributed by atoms with Crippen molar-refractivity contribution >= 4 is 11.8 Å². The Balaban J connectivity index is 2.04. The smallest absolute Gasteiger partial charge is 0.312 e. The second-order valence-corrected chi connectivity index (χ2v) is 7.08. The number of carbonyl (C=O) groups is 2. The molecule has 2 aliphatic carbocycles. The summed E-state index contributed by atoms with van der Waals surface area (Å²) in [4.78, 5) is 23.8. The minimum atomic E-state index is -0.290. The maximum absolute atomic E-state index is 12.6. The molecule has 0 N–H and O–H groups in total. The van der Waals surface area contributed by atoms with Crippen LogP contribution in [0, 0.1) is 16.7 Å². The van der Waals surface area contributed by atoms with Crippen molar-refractivity contribution in [2.24, 2.45) is 16.7 Å². The normalized spacial score (nSPS) is 37.7. The highest BCUT2D eigenvalue weighted by atomic mass is 16.5. The summed E-state index contributed by atoms with van der Waals surface area (Å²) in [5.41, 5.74) is -0.196. The first-order valence-corrected chi connectivity index (χ1v) is 7.56. The summed E-state index contributed by atoms with van der Waals surface area (Å²) >= 11 is 0. The molecule has 0 radical (unpaired) electrons. The van der Waals surface area contributed by atoms with Crippen LogP contribution in [0.25, 0.3) is 0 Å². The molecule has 0 bridgehead atoms. The van der Waals surface area contributed by atoms with E-state index >= 15 is 0 Å². The number of rotatable bonds is 5. The van der Waals surface area contributed by atoms with Gasteiger partial charge in [-0.2, -0.15) is 0 Å². The fourth-order valence-electron chi connectivity index (χ4n) is 3.65. The molecule has 0 saturated heterocycles. The van der Waals surface area contributed by atoms with Gasteiger partial charge in [0, 0.05) is 12.8 Å². The summed E-state index contributed by atoms with van der Waals surface area (Å²) in [7, 11) is 0. The molecule has 0 aromatic heterocycles. The minimum absolute atomic E-state index is 0.0507. The van der Waals surface area contributed by atoms with Crippen LogP contribution in [0.1, 0.15) is 66.2 Å². The fourth-order valence-corrected chi connectivity index (χ4v) is 3.65. The van der Waals surface area contributed by atoms with E-state index in [1.807, 2.05) is 0 Å². The van der Waals surface area contributed by atoms with Crippen LogP contribution in [0.4, 0.5) is 0 Å². The predicted molar refractivity (Wildman–Crippen MR) is 73.6 cm³/mol. The van der Waals surface area contributed by atoms with E-state index in [4.69, 9.17) is 4.74 Å². The Hall–Kier alpha value is -0.860. The Labute approximate surface area is 116 Å². The van der Waals surface area contributed by atoms with Crippen molar-refractivity contribution in [1.29, 1.82) is 0 Å². The SMILES string of the molecule is CCC1(C)CC1(CC(C)C)C(=O)OC1CCC(=O)C1. The molecule has 19 heavy (non-hydrogen) atoms. The van der Waals surface area contributed by atoms with Gasteiger partial charge < -0.3 is 4.74 Å². The Kier molecular flexibility index (Phi) is 3.76. The van der Waals surface area contributed by atoms with Gasteiger partial charge in [0.25, 0.3) is 0 Å². The third-order valence-corrected chi connectivity index (χ3v) is 5.12. The summed E-state index contributed by atoms with van der Waals surface area (Å²) in [5.74, 6) is 0.668. The Morgan fingerprint density at radius 1 is 1.47 bits per heavy atom. The molecule has 3 atom stereocenters. The molecule has 3 heteroatoms. The van der Waals surface area contributed by atoms with Crippen molar-refractivity contribution in [3.8, 4) is 0 Å². The molecule has 108 valence electrons. The number of hydrogen-bond acceptors (Lipinski definition) is 3. The van der Waals surface area contributed by atoms with Gasteiger partial charge in [-0.15, -0.1) is 0 Å². The van der Waals surface area contributed by atoms with E-state index in [9.17, 15) is 9.59 Å². The molecule has 0 aromatic carbocycles. The molecule has 2 rings (SSSR count). The van der Waals surface area contributed by atoms with E-state index in [1.54, 1.807) is 0 Å². The number of ether oxygens (including phenoxy) is 1. The Bertz CT molecular complexity index is 387. The third kappa shape index (κ3) is 2.56. The summed E-state index contributed by atoms with van der Waals surface area (Å²) in [6.07, 6.45) is 4.40. The number of hydrogen-bond donors (Lipinski definition) is 0. The van der Waals surface area contributed by atoms with Crippen molar-refractivity contribution < 1.29 is 14.3 Å². The van der Waals surface area contributed by atoms with Crippen molar-refractivity contribution in [2.45, 2.75) is 72.3 Å². The first-order valence-electron chi connectivity index (χ1n) is 7.56. The van der Waals surface area contributed by atoms with Gasteiger partial charge in [-0.25, -0.2) is 0 Å². The van der Waals surface area contributed by atoms with Gasteiger partial charge in [-0.3, -0.25) is 9.59 Å². The highest BCUT2D eigenvalue weighted by molar-refractivity contribution is 5.84. The average molecular weight is 266 g/mol. The molecule has 0 aliphatic heterocycles. The van der Waals surface area contributed by atoms with Crippen LogP contribution in [0.15, 0.2) is 0 Å². The van der Waals surface area contributed by atoms with Crippen molar-refractivity contribution in [2.75, 3.05) is 0 Å². The summed E-state index contributed by atoms with van der Waals surface area (Å²) < 4.78 is 5.65. The summed E-state index contributed by atoms with van der Waals surface area (Å²) in [5, 5.41) is 0. The molecule has 0 heterocycles. The third-order valence-electron chi connectivity index (χ3n) is 5.12. The molecule has 3 unspecified atom stereocenters. The van der Waals surface area contributed by atoms with Gasteiger partial charge in [0.1, 0.15) is 11.9 Å². The van der Waals surface area contributed by atoms with Crippen molar-refractivity contribution in [3.05, 3.63) is 0 Å². The zero-order valence-electron chi connectivity index (χ0n) is 12.6. The molecule has 2 saturated carbocycles. The highest BCUT2D eigenvalue weighted by Gasteiger charge is 2.68. The largest absolute Gasteiger partial charge is 0.461 e. The zero-order chi connectivity index (χ0) is 14.3. The van der Waals surface area contributed by atoms with Crippen LogP contribution in [-0.2, 0) is 14.3 Å². The first kappa shape index (κ1) is 14.5. The van der Waals surface area contributed by atoms with Gasteiger partial charge in [0.15, 0.2) is 0 Å². The monoisotopic (exact) mass is 266 g/mol. The molecule has 0 amide bonds. The van der Waals surface area contributed by atoms with E-state index in [2.05, 4.69) is 27.7 Å². The molecular weight excluding hydrogens is 240 g/mol. The van der Waals surface area contributed by atoms with Crippen LogP contribution in [0.2, 0.25) is 0 Å². The lowest BCUT2D eigenvalue weighted by molar-refractivity contribution is -0.158. The fraction of sp³-hybridized carbons (Fsp3) is 0.875. The lowest BCUT2D eigenvalue weighted by Crippen LogP contribution is -2.29. The Morgan fingerprint density at radius 3 is 2.58 bits per heavy atom. The molecular formula is C16H26O3. The van der Waals surface area contributed by atoms with E-state index in [1.165, 1.54) is 0 Å². The number of esters is 1. The van der Waals surface area contributed by atoms with Crippen LogP contribution in [0.5, 0.6) is 0 Å². The molecule has 0 aromatic rings. The predicted octanol–water partition coefficient (Wildman–Crippen LogP) is 3.50. The average Bonchev–Trinajstić information content (AvgIpc) is 2.70. The van der Waals surface area contributed by atoms with Crippen molar-refractivity contribution in [3.63, 3.8) is 0 Å². The molecule has 2 fully saturated rings. The van der Waals surface area contributed by atoms with Gasteiger partial charge in [-0.05, 0) is 37.0 Å².